The predicted octanol–water partition coefficient (Wildman–Crippen LogP) is 3.94. The molecule has 0 saturated heterocycles. The van der Waals surface area contributed by atoms with Gasteiger partial charge in [0.2, 0.25) is 11.7 Å². The number of carbonyl (C=O) groups is 1. The van der Waals surface area contributed by atoms with Crippen molar-refractivity contribution in [3.8, 4) is 11.5 Å². The first-order valence-electron chi connectivity index (χ1n) is 8.69. The van der Waals surface area contributed by atoms with Crippen LogP contribution in [0.2, 0.25) is 0 Å². The summed E-state index contributed by atoms with van der Waals surface area (Å²) in [5.41, 5.74) is 1.02. The van der Waals surface area contributed by atoms with Crippen molar-refractivity contribution in [1.82, 2.24) is 20.4 Å². The Morgan fingerprint density at radius 1 is 1.15 bits per heavy atom. The van der Waals surface area contributed by atoms with E-state index in [1.54, 1.807) is 12.3 Å². The highest BCUT2D eigenvalue weighted by Crippen LogP contribution is 2.21. The van der Waals surface area contributed by atoms with Gasteiger partial charge in [0.1, 0.15) is 17.3 Å². The third kappa shape index (κ3) is 5.37. The Morgan fingerprint density at radius 2 is 1.89 bits per heavy atom. The zero-order valence-corrected chi connectivity index (χ0v) is 15.5. The lowest BCUT2D eigenvalue weighted by atomic mass is 10.1. The van der Waals surface area contributed by atoms with E-state index in [-0.39, 0.29) is 0 Å². The molecule has 140 valence electrons. The number of hydrogen-bond acceptors (Lipinski definition) is 6. The van der Waals surface area contributed by atoms with E-state index in [2.05, 4.69) is 20.4 Å². The molecule has 1 amide bonds. The molecule has 2 aromatic heterocycles. The zero-order chi connectivity index (χ0) is 19.3. The molecule has 1 aromatic carbocycles. The zero-order valence-electron chi connectivity index (χ0n) is 15.5. The molecule has 0 aliphatic rings. The standard InChI is InChI=1S/C20H22N4O3/c1-20(2,3)26-19(25)22-16(13-14-9-5-4-6-10-14)18-23-17(24-27-18)15-11-7-8-12-21-15/h4-12,16H,13H2,1-3H3,(H,22,25). The lowest BCUT2D eigenvalue weighted by Gasteiger charge is -2.22. The molecule has 1 atom stereocenters. The molecule has 3 rings (SSSR count). The highest BCUT2D eigenvalue weighted by Gasteiger charge is 2.25. The second-order valence-electron chi connectivity index (χ2n) is 7.06. The van der Waals surface area contributed by atoms with Gasteiger partial charge in [-0.25, -0.2) is 4.79 Å². The SMILES string of the molecule is CC(C)(C)OC(=O)NC(Cc1ccccc1)c1nc(-c2ccccn2)no1. The lowest BCUT2D eigenvalue weighted by Crippen LogP contribution is -2.36. The number of rotatable bonds is 5. The minimum absolute atomic E-state index is 0.297. The van der Waals surface area contributed by atoms with Crippen molar-refractivity contribution in [2.24, 2.45) is 0 Å². The maximum Gasteiger partial charge on any atom is 0.408 e. The molecular formula is C20H22N4O3. The van der Waals surface area contributed by atoms with Crippen LogP contribution in [0.3, 0.4) is 0 Å². The Morgan fingerprint density at radius 3 is 2.56 bits per heavy atom. The molecule has 1 N–H and O–H groups in total. The van der Waals surface area contributed by atoms with Crippen LogP contribution >= 0.6 is 0 Å². The first-order chi connectivity index (χ1) is 12.9. The average molecular weight is 366 g/mol. The number of pyridine rings is 1. The first kappa shape index (κ1) is 18.6. The predicted molar refractivity (Wildman–Crippen MR) is 99.8 cm³/mol. The van der Waals surface area contributed by atoms with Crippen molar-refractivity contribution in [2.45, 2.75) is 38.8 Å². The molecule has 0 aliphatic heterocycles. The molecule has 0 bridgehead atoms. The minimum Gasteiger partial charge on any atom is -0.444 e. The van der Waals surface area contributed by atoms with Crippen molar-refractivity contribution in [1.29, 1.82) is 0 Å². The molecule has 1 unspecified atom stereocenters. The summed E-state index contributed by atoms with van der Waals surface area (Å²) in [6.07, 6.45) is 1.61. The molecule has 2 heterocycles. The number of aromatic nitrogens is 3. The van der Waals surface area contributed by atoms with E-state index in [1.165, 1.54) is 0 Å². The summed E-state index contributed by atoms with van der Waals surface area (Å²) in [5, 5.41) is 6.82. The van der Waals surface area contributed by atoms with Crippen LogP contribution in [0.5, 0.6) is 0 Å². The summed E-state index contributed by atoms with van der Waals surface area (Å²) >= 11 is 0. The van der Waals surface area contributed by atoms with Gasteiger partial charge in [-0.05, 0) is 38.5 Å². The molecule has 0 spiro atoms. The van der Waals surface area contributed by atoms with E-state index in [9.17, 15) is 4.79 Å². The Bertz CT molecular complexity index is 873. The van der Waals surface area contributed by atoms with Gasteiger partial charge >= 0.3 is 6.09 Å². The molecule has 7 nitrogen and oxygen atoms in total. The van der Waals surface area contributed by atoms with E-state index in [0.717, 1.165) is 5.56 Å². The van der Waals surface area contributed by atoms with Gasteiger partial charge < -0.3 is 14.6 Å². The van der Waals surface area contributed by atoms with Gasteiger partial charge in [0.15, 0.2) is 0 Å². The van der Waals surface area contributed by atoms with Gasteiger partial charge in [0, 0.05) is 12.6 Å². The fourth-order valence-electron chi connectivity index (χ4n) is 2.48. The maximum atomic E-state index is 12.3. The smallest absolute Gasteiger partial charge is 0.408 e. The maximum absolute atomic E-state index is 12.3. The quantitative estimate of drug-likeness (QED) is 0.735. The van der Waals surface area contributed by atoms with E-state index in [0.29, 0.717) is 23.8 Å². The van der Waals surface area contributed by atoms with Crippen LogP contribution in [0, 0.1) is 0 Å². The van der Waals surface area contributed by atoms with Crippen LogP contribution in [-0.2, 0) is 11.2 Å². The Kier molecular flexibility index (Phi) is 5.49. The number of ether oxygens (including phenoxy) is 1. The van der Waals surface area contributed by atoms with Crippen LogP contribution in [0.15, 0.2) is 59.3 Å². The third-order valence-corrected chi connectivity index (χ3v) is 3.61. The highest BCUT2D eigenvalue weighted by atomic mass is 16.6. The number of amides is 1. The third-order valence-electron chi connectivity index (χ3n) is 3.61. The number of carbonyl (C=O) groups excluding carboxylic acids is 1. The van der Waals surface area contributed by atoms with Crippen molar-refractivity contribution < 1.29 is 14.1 Å². The molecular weight excluding hydrogens is 344 g/mol. The number of alkyl carbamates (subject to hydrolysis) is 1. The van der Waals surface area contributed by atoms with Gasteiger partial charge in [0.25, 0.3) is 0 Å². The summed E-state index contributed by atoms with van der Waals surface area (Å²) < 4.78 is 10.8. The van der Waals surface area contributed by atoms with Gasteiger partial charge in [-0.15, -0.1) is 0 Å². The lowest BCUT2D eigenvalue weighted by molar-refractivity contribution is 0.0493. The molecule has 27 heavy (non-hydrogen) atoms. The monoisotopic (exact) mass is 366 g/mol. The van der Waals surface area contributed by atoms with Gasteiger partial charge in [-0.1, -0.05) is 41.6 Å². The normalized spacial score (nSPS) is 12.4. The highest BCUT2D eigenvalue weighted by molar-refractivity contribution is 5.68. The van der Waals surface area contributed by atoms with Crippen LogP contribution in [0.4, 0.5) is 4.79 Å². The molecule has 0 saturated carbocycles. The first-order valence-corrected chi connectivity index (χ1v) is 8.69. The summed E-state index contributed by atoms with van der Waals surface area (Å²) in [6.45, 7) is 5.43. The number of nitrogens with zero attached hydrogens (tertiary/aromatic N) is 3. The summed E-state index contributed by atoms with van der Waals surface area (Å²) in [5.74, 6) is 0.667. The van der Waals surface area contributed by atoms with Crippen LogP contribution < -0.4 is 5.32 Å². The van der Waals surface area contributed by atoms with Gasteiger partial charge in [-0.2, -0.15) is 4.98 Å². The topological polar surface area (TPSA) is 90.1 Å². The molecule has 7 heteroatoms. The summed E-state index contributed by atoms with van der Waals surface area (Å²) in [6, 6.07) is 14.7. The fourth-order valence-corrected chi connectivity index (χ4v) is 2.48. The number of benzene rings is 1. The van der Waals surface area contributed by atoms with Crippen LogP contribution in [0.1, 0.15) is 38.3 Å². The van der Waals surface area contributed by atoms with Crippen LogP contribution in [-0.4, -0.2) is 26.8 Å². The van der Waals surface area contributed by atoms with Crippen molar-refractivity contribution in [3.05, 3.63) is 66.2 Å². The summed E-state index contributed by atoms with van der Waals surface area (Å²) in [7, 11) is 0. The van der Waals surface area contributed by atoms with Gasteiger partial charge in [-0.3, -0.25) is 4.98 Å². The van der Waals surface area contributed by atoms with Crippen LogP contribution in [0.25, 0.3) is 11.5 Å². The molecule has 0 aliphatic carbocycles. The Balaban J connectivity index is 1.83. The Hall–Kier alpha value is -3.22. The largest absolute Gasteiger partial charge is 0.444 e. The second kappa shape index (κ2) is 7.99. The second-order valence-corrected chi connectivity index (χ2v) is 7.06. The molecule has 0 fully saturated rings. The van der Waals surface area contributed by atoms with E-state index >= 15 is 0 Å². The molecule has 0 radical (unpaired) electrons. The summed E-state index contributed by atoms with van der Waals surface area (Å²) in [4.78, 5) is 20.9. The average Bonchev–Trinajstić information content (AvgIpc) is 3.11. The van der Waals surface area contributed by atoms with Gasteiger partial charge in [0.05, 0.1) is 0 Å². The minimum atomic E-state index is -0.602. The van der Waals surface area contributed by atoms with E-state index < -0.39 is 17.7 Å². The molecule has 3 aromatic rings. The van der Waals surface area contributed by atoms with E-state index in [4.69, 9.17) is 9.26 Å². The Labute approximate surface area is 157 Å². The van der Waals surface area contributed by atoms with Crippen molar-refractivity contribution in [2.75, 3.05) is 0 Å². The fraction of sp³-hybridized carbons (Fsp3) is 0.300. The number of nitrogens with one attached hydrogen (secondary N) is 1. The van der Waals surface area contributed by atoms with E-state index in [1.807, 2.05) is 63.2 Å². The van der Waals surface area contributed by atoms with Crippen molar-refractivity contribution in [3.63, 3.8) is 0 Å². The number of hydrogen-bond donors (Lipinski definition) is 1. The van der Waals surface area contributed by atoms with Crippen molar-refractivity contribution >= 4 is 6.09 Å².